The summed E-state index contributed by atoms with van der Waals surface area (Å²) in [6.45, 7) is 1.35. The molecule has 2 aliphatic rings. The average molecular weight is 139 g/mol. The van der Waals surface area contributed by atoms with E-state index in [1.807, 2.05) is 0 Å². The largest absolute Gasteiger partial charge is 0.303 e. The molecule has 1 heteroatoms. The summed E-state index contributed by atoms with van der Waals surface area (Å²) in [5, 5.41) is 0. The fourth-order valence-corrected chi connectivity index (χ4v) is 2.18. The van der Waals surface area contributed by atoms with Gasteiger partial charge in [0.2, 0.25) is 0 Å². The van der Waals surface area contributed by atoms with Crippen LogP contribution in [0.4, 0.5) is 0 Å². The predicted molar refractivity (Wildman–Crippen MR) is 43.0 cm³/mol. The van der Waals surface area contributed by atoms with Crippen LogP contribution in [0.2, 0.25) is 0 Å². The summed E-state index contributed by atoms with van der Waals surface area (Å²) in [7, 11) is 2.29. The second-order valence-corrected chi connectivity index (χ2v) is 3.88. The Morgan fingerprint density at radius 1 is 1.10 bits per heavy atom. The summed E-state index contributed by atoms with van der Waals surface area (Å²) in [6, 6.07) is 0.966. The van der Waals surface area contributed by atoms with Gasteiger partial charge in [-0.1, -0.05) is 6.42 Å². The van der Waals surface area contributed by atoms with E-state index in [0.29, 0.717) is 0 Å². The van der Waals surface area contributed by atoms with E-state index in [4.69, 9.17) is 0 Å². The Balaban J connectivity index is 1.90. The van der Waals surface area contributed by atoms with Crippen LogP contribution in [-0.4, -0.2) is 24.5 Å². The van der Waals surface area contributed by atoms with E-state index in [2.05, 4.69) is 11.9 Å². The van der Waals surface area contributed by atoms with Crippen LogP contribution in [0.25, 0.3) is 0 Å². The van der Waals surface area contributed by atoms with E-state index in [0.717, 1.165) is 12.0 Å². The minimum Gasteiger partial charge on any atom is -0.303 e. The minimum absolute atomic E-state index is 0.966. The first kappa shape index (κ1) is 6.66. The second kappa shape index (κ2) is 2.54. The SMILES string of the molecule is CN1CCCCC1C1CC1. The summed E-state index contributed by atoms with van der Waals surface area (Å²) < 4.78 is 0. The third kappa shape index (κ3) is 1.20. The first-order valence-corrected chi connectivity index (χ1v) is 4.58. The third-order valence-electron chi connectivity index (χ3n) is 2.99. The van der Waals surface area contributed by atoms with Crippen molar-refractivity contribution < 1.29 is 0 Å². The summed E-state index contributed by atoms with van der Waals surface area (Å²) >= 11 is 0. The highest BCUT2D eigenvalue weighted by molar-refractivity contribution is 4.88. The minimum atomic E-state index is 0.966. The lowest BCUT2D eigenvalue weighted by Gasteiger charge is -2.32. The fourth-order valence-electron chi connectivity index (χ4n) is 2.18. The van der Waals surface area contributed by atoms with Gasteiger partial charge in [-0.2, -0.15) is 0 Å². The van der Waals surface area contributed by atoms with Gasteiger partial charge in [-0.3, -0.25) is 0 Å². The first-order valence-electron chi connectivity index (χ1n) is 4.58. The normalized spacial score (nSPS) is 36.3. The molecule has 1 saturated heterocycles. The molecule has 0 spiro atoms. The Hall–Kier alpha value is -0.0400. The summed E-state index contributed by atoms with van der Waals surface area (Å²) in [4.78, 5) is 2.57. The summed E-state index contributed by atoms with van der Waals surface area (Å²) in [5.74, 6) is 1.09. The quantitative estimate of drug-likeness (QED) is 0.536. The molecular formula is C9H17N. The Bertz CT molecular complexity index is 118. The van der Waals surface area contributed by atoms with Crippen LogP contribution < -0.4 is 0 Å². The topological polar surface area (TPSA) is 3.24 Å². The van der Waals surface area contributed by atoms with Crippen molar-refractivity contribution in [1.29, 1.82) is 0 Å². The highest BCUT2D eigenvalue weighted by Crippen LogP contribution is 2.38. The maximum Gasteiger partial charge on any atom is 0.0120 e. The van der Waals surface area contributed by atoms with Crippen molar-refractivity contribution in [3.63, 3.8) is 0 Å². The van der Waals surface area contributed by atoms with Crippen LogP contribution in [0.1, 0.15) is 32.1 Å². The van der Waals surface area contributed by atoms with E-state index >= 15 is 0 Å². The van der Waals surface area contributed by atoms with Crippen LogP contribution >= 0.6 is 0 Å². The smallest absolute Gasteiger partial charge is 0.0120 e. The first-order chi connectivity index (χ1) is 4.88. The third-order valence-corrected chi connectivity index (χ3v) is 2.99. The Morgan fingerprint density at radius 3 is 2.50 bits per heavy atom. The van der Waals surface area contributed by atoms with Gasteiger partial charge < -0.3 is 4.90 Å². The zero-order valence-corrected chi connectivity index (χ0v) is 6.84. The van der Waals surface area contributed by atoms with Gasteiger partial charge in [-0.25, -0.2) is 0 Å². The number of hydrogen-bond donors (Lipinski definition) is 0. The molecule has 58 valence electrons. The molecule has 1 aliphatic heterocycles. The molecule has 0 bridgehead atoms. The van der Waals surface area contributed by atoms with E-state index in [-0.39, 0.29) is 0 Å². The molecule has 0 aromatic heterocycles. The molecule has 10 heavy (non-hydrogen) atoms. The second-order valence-electron chi connectivity index (χ2n) is 3.88. The lowest BCUT2D eigenvalue weighted by Crippen LogP contribution is -2.37. The molecule has 0 radical (unpaired) electrons. The monoisotopic (exact) mass is 139 g/mol. The Kier molecular flexibility index (Phi) is 1.69. The van der Waals surface area contributed by atoms with Crippen molar-refractivity contribution in [1.82, 2.24) is 4.90 Å². The lowest BCUT2D eigenvalue weighted by atomic mass is 9.99. The van der Waals surface area contributed by atoms with Gasteiger partial charge in [0.25, 0.3) is 0 Å². The molecule has 1 unspecified atom stereocenters. The highest BCUT2D eigenvalue weighted by Gasteiger charge is 2.34. The van der Waals surface area contributed by atoms with Gasteiger partial charge in [-0.15, -0.1) is 0 Å². The van der Waals surface area contributed by atoms with Crippen molar-refractivity contribution in [2.75, 3.05) is 13.6 Å². The van der Waals surface area contributed by atoms with E-state index in [1.165, 1.54) is 38.6 Å². The highest BCUT2D eigenvalue weighted by atomic mass is 15.1. The van der Waals surface area contributed by atoms with Gasteiger partial charge in [0, 0.05) is 6.04 Å². The number of piperidine rings is 1. The van der Waals surface area contributed by atoms with Crippen LogP contribution in [0.15, 0.2) is 0 Å². The molecule has 0 N–H and O–H groups in total. The summed E-state index contributed by atoms with van der Waals surface area (Å²) in [5.41, 5.74) is 0. The maximum absolute atomic E-state index is 2.57. The molecule has 0 aromatic rings. The predicted octanol–water partition coefficient (Wildman–Crippen LogP) is 1.88. The van der Waals surface area contributed by atoms with Crippen molar-refractivity contribution in [2.45, 2.75) is 38.1 Å². The lowest BCUT2D eigenvalue weighted by molar-refractivity contribution is 0.165. The number of hydrogen-bond acceptors (Lipinski definition) is 1. The zero-order chi connectivity index (χ0) is 6.97. The maximum atomic E-state index is 2.57. The molecule has 1 saturated carbocycles. The molecule has 1 heterocycles. The van der Waals surface area contributed by atoms with Gasteiger partial charge in [0.05, 0.1) is 0 Å². The molecule has 0 amide bonds. The van der Waals surface area contributed by atoms with E-state index < -0.39 is 0 Å². The Labute approximate surface area is 63.4 Å². The molecule has 1 atom stereocenters. The number of nitrogens with zero attached hydrogens (tertiary/aromatic N) is 1. The zero-order valence-electron chi connectivity index (χ0n) is 6.84. The van der Waals surface area contributed by atoms with Gasteiger partial charge in [0.1, 0.15) is 0 Å². The molecule has 1 aliphatic carbocycles. The molecule has 2 fully saturated rings. The number of likely N-dealkylation sites (tertiary alicyclic amines) is 1. The van der Waals surface area contributed by atoms with Crippen LogP contribution in [0.5, 0.6) is 0 Å². The molecule has 2 rings (SSSR count). The van der Waals surface area contributed by atoms with Crippen molar-refractivity contribution in [3.8, 4) is 0 Å². The van der Waals surface area contributed by atoms with E-state index in [1.54, 1.807) is 0 Å². The van der Waals surface area contributed by atoms with Crippen molar-refractivity contribution >= 4 is 0 Å². The van der Waals surface area contributed by atoms with Gasteiger partial charge in [-0.05, 0) is 45.2 Å². The average Bonchev–Trinajstić information content (AvgIpc) is 2.71. The molecular weight excluding hydrogens is 122 g/mol. The van der Waals surface area contributed by atoms with Crippen LogP contribution in [0, 0.1) is 5.92 Å². The fraction of sp³-hybridized carbons (Fsp3) is 1.00. The van der Waals surface area contributed by atoms with Gasteiger partial charge in [0.15, 0.2) is 0 Å². The Morgan fingerprint density at radius 2 is 1.90 bits per heavy atom. The van der Waals surface area contributed by atoms with E-state index in [9.17, 15) is 0 Å². The number of rotatable bonds is 1. The van der Waals surface area contributed by atoms with Crippen LogP contribution in [-0.2, 0) is 0 Å². The summed E-state index contributed by atoms with van der Waals surface area (Å²) in [6.07, 6.45) is 7.40. The van der Waals surface area contributed by atoms with Crippen molar-refractivity contribution in [3.05, 3.63) is 0 Å². The van der Waals surface area contributed by atoms with Gasteiger partial charge >= 0.3 is 0 Å². The molecule has 0 aromatic carbocycles. The molecule has 1 nitrogen and oxygen atoms in total. The van der Waals surface area contributed by atoms with Crippen LogP contribution in [0.3, 0.4) is 0 Å². The standard InChI is InChI=1S/C9H17N/c1-10-7-3-2-4-9(10)8-5-6-8/h8-9H,2-7H2,1H3. The van der Waals surface area contributed by atoms with Crippen molar-refractivity contribution in [2.24, 2.45) is 5.92 Å².